The third-order valence-electron chi connectivity index (χ3n) is 4.82. The molecule has 160 valence electrons. The number of nitrogens with zero attached hydrogens (tertiary/aromatic N) is 3. The average molecular weight is 443 g/mol. The van der Waals surface area contributed by atoms with Crippen molar-refractivity contribution >= 4 is 29.1 Å². The van der Waals surface area contributed by atoms with Gasteiger partial charge in [0, 0.05) is 28.9 Å². The maximum atomic E-state index is 12.8. The molecule has 0 radical (unpaired) electrons. The van der Waals surface area contributed by atoms with Gasteiger partial charge in [-0.1, -0.05) is 67.2 Å². The molecule has 3 aromatic carbocycles. The first-order chi connectivity index (χ1) is 15.7. The van der Waals surface area contributed by atoms with E-state index in [0.717, 1.165) is 17.1 Å². The highest BCUT2D eigenvalue weighted by Crippen LogP contribution is 2.28. The van der Waals surface area contributed by atoms with Gasteiger partial charge in [-0.25, -0.2) is 0 Å². The molecule has 1 aromatic heterocycles. The van der Waals surface area contributed by atoms with Gasteiger partial charge < -0.3 is 5.32 Å². The Morgan fingerprint density at radius 3 is 2.19 bits per heavy atom. The summed E-state index contributed by atoms with van der Waals surface area (Å²) in [6.07, 6.45) is 0.407. The van der Waals surface area contributed by atoms with Crippen molar-refractivity contribution in [2.75, 3.05) is 11.1 Å². The fourth-order valence-corrected chi connectivity index (χ4v) is 4.00. The second kappa shape index (κ2) is 10.1. The summed E-state index contributed by atoms with van der Waals surface area (Å²) in [5.74, 6) is 0.865. The van der Waals surface area contributed by atoms with Crippen LogP contribution in [0.3, 0.4) is 0 Å². The zero-order chi connectivity index (χ0) is 22.3. The molecule has 32 heavy (non-hydrogen) atoms. The highest BCUT2D eigenvalue weighted by Gasteiger charge is 2.17. The lowest BCUT2D eigenvalue weighted by molar-refractivity contribution is -0.115. The Morgan fingerprint density at radius 1 is 0.875 bits per heavy atom. The number of hydrogen-bond acceptors (Lipinski definition) is 5. The number of para-hydroxylation sites is 1. The average Bonchev–Trinajstić information content (AvgIpc) is 3.28. The summed E-state index contributed by atoms with van der Waals surface area (Å²) in [5, 5.41) is 12.2. The second-order valence-electron chi connectivity index (χ2n) is 7.03. The first-order valence-corrected chi connectivity index (χ1v) is 11.3. The Balaban J connectivity index is 1.54. The number of hydrogen-bond donors (Lipinski definition) is 1. The normalized spacial score (nSPS) is 10.7. The maximum absolute atomic E-state index is 12.8. The molecule has 0 aliphatic rings. The molecule has 0 saturated carbocycles. The van der Waals surface area contributed by atoms with Crippen molar-refractivity contribution in [1.29, 1.82) is 0 Å². The van der Waals surface area contributed by atoms with Gasteiger partial charge in [0.1, 0.15) is 0 Å². The van der Waals surface area contributed by atoms with E-state index in [1.807, 2.05) is 65.2 Å². The smallest absolute Gasteiger partial charge is 0.224 e. The summed E-state index contributed by atoms with van der Waals surface area (Å²) in [4.78, 5) is 24.3. The molecule has 0 spiro atoms. The zero-order valence-electron chi connectivity index (χ0n) is 17.6. The van der Waals surface area contributed by atoms with Gasteiger partial charge in [0.15, 0.2) is 16.8 Å². The molecule has 1 N–H and O–H groups in total. The Bertz CT molecular complexity index is 1210. The summed E-state index contributed by atoms with van der Waals surface area (Å²) in [5.41, 5.74) is 3.15. The van der Waals surface area contributed by atoms with E-state index in [1.165, 1.54) is 11.8 Å². The largest absolute Gasteiger partial charge is 0.326 e. The molecule has 0 aliphatic heterocycles. The van der Waals surface area contributed by atoms with E-state index in [-0.39, 0.29) is 17.4 Å². The van der Waals surface area contributed by atoms with Crippen molar-refractivity contribution in [2.45, 2.75) is 18.5 Å². The van der Waals surface area contributed by atoms with Crippen molar-refractivity contribution < 1.29 is 9.59 Å². The molecule has 1 heterocycles. The quantitative estimate of drug-likeness (QED) is 0.298. The molecular weight excluding hydrogens is 420 g/mol. The maximum Gasteiger partial charge on any atom is 0.224 e. The number of aromatic nitrogens is 3. The Kier molecular flexibility index (Phi) is 6.77. The van der Waals surface area contributed by atoms with Crippen LogP contribution in [-0.4, -0.2) is 32.2 Å². The van der Waals surface area contributed by atoms with Gasteiger partial charge in [0.05, 0.1) is 5.75 Å². The summed E-state index contributed by atoms with van der Waals surface area (Å²) in [6, 6.07) is 26.7. The number of ketones is 1. The second-order valence-corrected chi connectivity index (χ2v) is 7.98. The van der Waals surface area contributed by atoms with Crippen LogP contribution in [-0.2, 0) is 4.79 Å². The molecule has 0 aliphatic carbocycles. The first-order valence-electron chi connectivity index (χ1n) is 10.3. The summed E-state index contributed by atoms with van der Waals surface area (Å²) in [7, 11) is 0. The zero-order valence-corrected chi connectivity index (χ0v) is 18.4. The number of nitrogens with one attached hydrogen (secondary N) is 1. The van der Waals surface area contributed by atoms with Gasteiger partial charge in [-0.3, -0.25) is 14.2 Å². The van der Waals surface area contributed by atoms with Crippen molar-refractivity contribution in [2.24, 2.45) is 0 Å². The van der Waals surface area contributed by atoms with Gasteiger partial charge in [0.2, 0.25) is 5.91 Å². The topological polar surface area (TPSA) is 76.9 Å². The molecule has 1 amide bonds. The van der Waals surface area contributed by atoms with Gasteiger partial charge in [-0.15, -0.1) is 10.2 Å². The SMILES string of the molecule is CCC(=O)Nc1ccc(C(=O)CSc2nnc(-c3ccccc3)n2-c2ccccc2)cc1. The predicted octanol–water partition coefficient (Wildman–Crippen LogP) is 5.26. The summed E-state index contributed by atoms with van der Waals surface area (Å²) in [6.45, 7) is 1.79. The predicted molar refractivity (Wildman–Crippen MR) is 127 cm³/mol. The lowest BCUT2D eigenvalue weighted by atomic mass is 10.1. The van der Waals surface area contributed by atoms with Crippen LogP contribution in [0, 0.1) is 0 Å². The van der Waals surface area contributed by atoms with Gasteiger partial charge in [-0.2, -0.15) is 0 Å². The molecule has 0 saturated heterocycles. The van der Waals surface area contributed by atoms with Crippen LogP contribution in [0.25, 0.3) is 17.1 Å². The van der Waals surface area contributed by atoms with Crippen molar-refractivity contribution in [3.8, 4) is 17.1 Å². The highest BCUT2D eigenvalue weighted by atomic mass is 32.2. The number of thioether (sulfide) groups is 1. The van der Waals surface area contributed by atoms with Gasteiger partial charge in [-0.05, 0) is 36.4 Å². The summed E-state index contributed by atoms with van der Waals surface area (Å²) >= 11 is 1.35. The molecule has 0 bridgehead atoms. The number of benzene rings is 3. The minimum atomic E-state index is -0.0610. The minimum absolute atomic E-state index is 0.0211. The van der Waals surface area contributed by atoms with Crippen molar-refractivity contribution in [1.82, 2.24) is 14.8 Å². The van der Waals surface area contributed by atoms with Crippen LogP contribution in [0.5, 0.6) is 0 Å². The molecule has 0 fully saturated rings. The lowest BCUT2D eigenvalue weighted by Crippen LogP contribution is -2.10. The van der Waals surface area contributed by atoms with E-state index in [2.05, 4.69) is 15.5 Å². The number of amides is 1. The lowest BCUT2D eigenvalue weighted by Gasteiger charge is -2.10. The van der Waals surface area contributed by atoms with Crippen LogP contribution in [0.4, 0.5) is 5.69 Å². The Labute approximate surface area is 190 Å². The van der Waals surface area contributed by atoms with E-state index in [0.29, 0.717) is 22.8 Å². The Hall–Kier alpha value is -3.71. The number of Topliss-reactive ketones (excluding diaryl/α,β-unsaturated/α-hetero) is 1. The monoisotopic (exact) mass is 442 g/mol. The fourth-order valence-electron chi connectivity index (χ4n) is 3.15. The van der Waals surface area contributed by atoms with Crippen LogP contribution in [0.1, 0.15) is 23.7 Å². The highest BCUT2D eigenvalue weighted by molar-refractivity contribution is 7.99. The van der Waals surface area contributed by atoms with E-state index in [4.69, 9.17) is 0 Å². The van der Waals surface area contributed by atoms with E-state index >= 15 is 0 Å². The fraction of sp³-hybridized carbons (Fsp3) is 0.120. The van der Waals surface area contributed by atoms with Crippen LogP contribution in [0.15, 0.2) is 90.1 Å². The van der Waals surface area contributed by atoms with E-state index in [9.17, 15) is 9.59 Å². The van der Waals surface area contributed by atoms with E-state index < -0.39 is 0 Å². The van der Waals surface area contributed by atoms with Crippen LogP contribution >= 0.6 is 11.8 Å². The number of anilines is 1. The molecular formula is C25H22N4O2S. The molecule has 4 rings (SSSR count). The molecule has 6 nitrogen and oxygen atoms in total. The van der Waals surface area contributed by atoms with E-state index in [1.54, 1.807) is 31.2 Å². The molecule has 0 atom stereocenters. The van der Waals surface area contributed by atoms with Crippen LogP contribution in [0.2, 0.25) is 0 Å². The Morgan fingerprint density at radius 2 is 1.53 bits per heavy atom. The molecule has 4 aromatic rings. The standard InChI is InChI=1S/C25H22N4O2S/c1-2-23(31)26-20-15-13-18(14-16-20)22(30)17-32-25-28-27-24(19-9-5-3-6-10-19)29(25)21-11-7-4-8-12-21/h3-16H,2,17H2,1H3,(H,26,31). The first kappa shape index (κ1) is 21.5. The van der Waals surface area contributed by atoms with Crippen molar-refractivity contribution in [3.63, 3.8) is 0 Å². The van der Waals surface area contributed by atoms with Gasteiger partial charge >= 0.3 is 0 Å². The third kappa shape index (κ3) is 4.95. The molecule has 0 unspecified atom stereocenters. The van der Waals surface area contributed by atoms with Crippen LogP contribution < -0.4 is 5.32 Å². The summed E-state index contributed by atoms with van der Waals surface area (Å²) < 4.78 is 1.97. The number of carbonyl (C=O) groups excluding carboxylic acids is 2. The molecule has 7 heteroatoms. The number of rotatable bonds is 8. The minimum Gasteiger partial charge on any atom is -0.326 e. The third-order valence-corrected chi connectivity index (χ3v) is 5.75. The number of carbonyl (C=O) groups is 2. The van der Waals surface area contributed by atoms with Crippen molar-refractivity contribution in [3.05, 3.63) is 90.5 Å². The van der Waals surface area contributed by atoms with Gasteiger partial charge in [0.25, 0.3) is 0 Å².